The van der Waals surface area contributed by atoms with Crippen molar-refractivity contribution in [3.63, 3.8) is 0 Å². The normalized spacial score (nSPS) is 19.3. The second-order valence-corrected chi connectivity index (χ2v) is 13.8. The van der Waals surface area contributed by atoms with Crippen LogP contribution in [0.1, 0.15) is 66.3 Å². The van der Waals surface area contributed by atoms with Crippen LogP contribution in [0.4, 0.5) is 16.2 Å². The maximum atomic E-state index is 14.5. The van der Waals surface area contributed by atoms with Gasteiger partial charge < -0.3 is 35.2 Å². The number of urea groups is 1. The SMILES string of the molecule is C[C@@H]1CCCCO[C@@H](CN(C)Cc2ccc(C(=O)O)cc2)[C@@H](C)CN([C@H](C)CO)C(=O)c2cc(NC(=O)Nc3cccc4ccccc34)ccc2O1. The molecule has 0 bridgehead atoms. The van der Waals surface area contributed by atoms with Crippen molar-refractivity contribution >= 4 is 40.1 Å². The molecule has 0 spiro atoms. The summed E-state index contributed by atoms with van der Waals surface area (Å²) in [6, 6.07) is 24.5. The summed E-state index contributed by atoms with van der Waals surface area (Å²) in [7, 11) is 1.99. The average molecular weight is 711 g/mol. The monoisotopic (exact) mass is 710 g/mol. The fraction of sp³-hybridized carbons (Fsp3) is 0.390. The number of amides is 3. The number of nitrogens with one attached hydrogen (secondary N) is 2. The number of nitrogens with zero attached hydrogens (tertiary/aromatic N) is 2. The second kappa shape index (κ2) is 18.0. The number of aromatic carboxylic acids is 1. The van der Waals surface area contributed by atoms with Crippen molar-refractivity contribution < 1.29 is 34.1 Å². The first kappa shape index (κ1) is 38.3. The molecule has 1 heterocycles. The molecule has 0 radical (unpaired) electrons. The lowest BCUT2D eigenvalue weighted by Gasteiger charge is -2.36. The lowest BCUT2D eigenvalue weighted by Crippen LogP contribution is -2.47. The van der Waals surface area contributed by atoms with Crippen LogP contribution in [0, 0.1) is 5.92 Å². The largest absolute Gasteiger partial charge is 0.490 e. The summed E-state index contributed by atoms with van der Waals surface area (Å²) in [5.41, 5.74) is 2.60. The molecule has 11 heteroatoms. The summed E-state index contributed by atoms with van der Waals surface area (Å²) in [5, 5.41) is 27.3. The van der Waals surface area contributed by atoms with E-state index in [1.807, 2.05) is 75.5 Å². The Morgan fingerprint density at radius 2 is 1.73 bits per heavy atom. The fourth-order valence-corrected chi connectivity index (χ4v) is 6.52. The third-order valence-electron chi connectivity index (χ3n) is 9.49. The van der Waals surface area contributed by atoms with Crippen molar-refractivity contribution in [1.82, 2.24) is 9.80 Å². The quantitative estimate of drug-likeness (QED) is 0.144. The molecule has 3 amide bonds. The van der Waals surface area contributed by atoms with E-state index >= 15 is 0 Å². The molecule has 4 aromatic rings. The lowest BCUT2D eigenvalue weighted by atomic mass is 10.0. The molecule has 0 unspecified atom stereocenters. The van der Waals surface area contributed by atoms with Gasteiger partial charge in [-0.25, -0.2) is 9.59 Å². The zero-order chi connectivity index (χ0) is 37.2. The van der Waals surface area contributed by atoms with Gasteiger partial charge in [0.2, 0.25) is 0 Å². The van der Waals surface area contributed by atoms with Gasteiger partial charge >= 0.3 is 12.0 Å². The number of aliphatic hydroxyl groups excluding tert-OH is 1. The Morgan fingerprint density at radius 1 is 0.981 bits per heavy atom. The third-order valence-corrected chi connectivity index (χ3v) is 9.49. The Morgan fingerprint density at radius 3 is 2.48 bits per heavy atom. The van der Waals surface area contributed by atoms with Crippen LogP contribution in [0.15, 0.2) is 84.9 Å². The van der Waals surface area contributed by atoms with Gasteiger partial charge in [0.25, 0.3) is 5.91 Å². The molecule has 0 saturated carbocycles. The first-order chi connectivity index (χ1) is 25.0. The minimum Gasteiger partial charge on any atom is -0.490 e. The van der Waals surface area contributed by atoms with Gasteiger partial charge in [-0.1, -0.05) is 55.5 Å². The number of carbonyl (C=O) groups is 3. The Bertz CT molecular complexity index is 1830. The Balaban J connectivity index is 1.37. The summed E-state index contributed by atoms with van der Waals surface area (Å²) >= 11 is 0. The molecule has 5 rings (SSSR count). The minimum absolute atomic E-state index is 0.117. The molecule has 0 saturated heterocycles. The Hall–Kier alpha value is -4.97. The highest BCUT2D eigenvalue weighted by Crippen LogP contribution is 2.29. The van der Waals surface area contributed by atoms with Crippen LogP contribution in [-0.4, -0.2) is 89.5 Å². The average Bonchev–Trinajstić information content (AvgIpc) is 3.13. The molecule has 52 heavy (non-hydrogen) atoms. The lowest BCUT2D eigenvalue weighted by molar-refractivity contribution is -0.0177. The van der Waals surface area contributed by atoms with E-state index in [0.717, 1.165) is 35.6 Å². The number of aliphatic hydroxyl groups is 1. The van der Waals surface area contributed by atoms with Gasteiger partial charge in [0.1, 0.15) is 5.75 Å². The van der Waals surface area contributed by atoms with Crippen LogP contribution in [0.2, 0.25) is 0 Å². The zero-order valence-electron chi connectivity index (χ0n) is 30.4. The van der Waals surface area contributed by atoms with Gasteiger partial charge in [0.05, 0.1) is 41.7 Å². The number of hydrogen-bond donors (Lipinski definition) is 4. The highest BCUT2D eigenvalue weighted by atomic mass is 16.5. The molecule has 0 aliphatic carbocycles. The van der Waals surface area contributed by atoms with Crippen LogP contribution >= 0.6 is 0 Å². The molecule has 0 fully saturated rings. The predicted molar refractivity (Wildman–Crippen MR) is 203 cm³/mol. The first-order valence-corrected chi connectivity index (χ1v) is 17.9. The van der Waals surface area contributed by atoms with Crippen LogP contribution < -0.4 is 15.4 Å². The summed E-state index contributed by atoms with van der Waals surface area (Å²) in [6.45, 7) is 7.61. The van der Waals surface area contributed by atoms with Gasteiger partial charge in [-0.15, -0.1) is 0 Å². The Labute approximate surface area is 305 Å². The summed E-state index contributed by atoms with van der Waals surface area (Å²) in [6.07, 6.45) is 2.06. The van der Waals surface area contributed by atoms with Crippen LogP contribution in [-0.2, 0) is 11.3 Å². The van der Waals surface area contributed by atoms with Gasteiger partial charge in [-0.2, -0.15) is 0 Å². The smallest absolute Gasteiger partial charge is 0.335 e. The third kappa shape index (κ3) is 10.1. The van der Waals surface area contributed by atoms with Crippen LogP contribution in [0.25, 0.3) is 10.8 Å². The van der Waals surface area contributed by atoms with Crippen LogP contribution in [0.3, 0.4) is 0 Å². The van der Waals surface area contributed by atoms with Crippen LogP contribution in [0.5, 0.6) is 5.75 Å². The molecule has 1 aliphatic rings. The molecule has 4 N–H and O–H groups in total. The maximum absolute atomic E-state index is 14.5. The minimum atomic E-state index is -0.962. The van der Waals surface area contributed by atoms with Crippen molar-refractivity contribution in [2.24, 2.45) is 5.92 Å². The number of carboxylic acid groups (broad SMARTS) is 1. The zero-order valence-corrected chi connectivity index (χ0v) is 30.4. The molecule has 4 atom stereocenters. The molecule has 276 valence electrons. The van der Waals surface area contributed by atoms with Gasteiger partial charge in [0, 0.05) is 43.2 Å². The highest BCUT2D eigenvalue weighted by molar-refractivity contribution is 6.07. The standard InChI is InChI=1S/C41H50N4O7/c1-27-23-45(28(2)26-46)39(47)35-22-33(42-41(50)43-36-14-9-12-31-11-5-6-13-34(31)36)19-20-37(35)52-29(3)10-7-8-21-51-38(27)25-44(4)24-30-15-17-32(18-16-30)40(48)49/h5-6,9,11-20,22,27-29,38,46H,7-8,10,21,23-26H2,1-4H3,(H,48,49)(H2,42,43,50)/t27-,28+,29+,38-/m0/s1. The van der Waals surface area contributed by atoms with Crippen molar-refractivity contribution in [2.45, 2.75) is 64.8 Å². The Kier molecular flexibility index (Phi) is 13.2. The van der Waals surface area contributed by atoms with E-state index in [1.54, 1.807) is 42.2 Å². The molecular formula is C41H50N4O7. The van der Waals surface area contributed by atoms with Gasteiger partial charge in [0.15, 0.2) is 0 Å². The van der Waals surface area contributed by atoms with E-state index in [-0.39, 0.29) is 36.2 Å². The number of likely N-dealkylation sites (N-methyl/N-ethyl adjacent to an activating group) is 1. The maximum Gasteiger partial charge on any atom is 0.335 e. The number of anilines is 2. The number of ether oxygens (including phenoxy) is 2. The number of carbonyl (C=O) groups excluding carboxylic acids is 2. The number of benzene rings is 4. The van der Waals surface area contributed by atoms with Crippen molar-refractivity contribution in [2.75, 3.05) is 44.0 Å². The highest BCUT2D eigenvalue weighted by Gasteiger charge is 2.30. The molecule has 0 aromatic heterocycles. The molecule has 1 aliphatic heterocycles. The van der Waals surface area contributed by atoms with Crippen molar-refractivity contribution in [1.29, 1.82) is 0 Å². The summed E-state index contributed by atoms with van der Waals surface area (Å²) < 4.78 is 12.8. The number of hydrogen-bond acceptors (Lipinski definition) is 7. The second-order valence-electron chi connectivity index (χ2n) is 13.8. The van der Waals surface area contributed by atoms with E-state index in [0.29, 0.717) is 48.9 Å². The predicted octanol–water partition coefficient (Wildman–Crippen LogP) is 7.11. The van der Waals surface area contributed by atoms with E-state index < -0.39 is 18.0 Å². The molecule has 11 nitrogen and oxygen atoms in total. The van der Waals surface area contributed by atoms with Gasteiger partial charge in [-0.05, 0) is 87.5 Å². The number of rotatable bonds is 9. The van der Waals surface area contributed by atoms with E-state index in [4.69, 9.17) is 9.47 Å². The summed E-state index contributed by atoms with van der Waals surface area (Å²) in [4.78, 5) is 42.8. The number of fused-ring (bicyclic) bond motifs is 2. The molecule has 4 aromatic carbocycles. The van der Waals surface area contributed by atoms with E-state index in [2.05, 4.69) is 15.5 Å². The molecular weight excluding hydrogens is 660 g/mol. The number of carboxylic acids is 1. The summed E-state index contributed by atoms with van der Waals surface area (Å²) in [5.74, 6) is -0.986. The van der Waals surface area contributed by atoms with E-state index in [9.17, 15) is 24.6 Å². The topological polar surface area (TPSA) is 141 Å². The van der Waals surface area contributed by atoms with Crippen molar-refractivity contribution in [3.05, 3.63) is 102 Å². The first-order valence-electron chi connectivity index (χ1n) is 17.9. The van der Waals surface area contributed by atoms with Crippen molar-refractivity contribution in [3.8, 4) is 5.75 Å². The van der Waals surface area contributed by atoms with E-state index in [1.165, 1.54) is 0 Å². The van der Waals surface area contributed by atoms with Gasteiger partial charge in [-0.3, -0.25) is 9.69 Å². The fourth-order valence-electron chi connectivity index (χ4n) is 6.52.